The zero-order chi connectivity index (χ0) is 14.5. The molecule has 106 valence electrons. The molecular formula is C13H15BrN4OS. The van der Waals surface area contributed by atoms with Gasteiger partial charge in [-0.1, -0.05) is 0 Å². The maximum absolute atomic E-state index is 12.1. The van der Waals surface area contributed by atoms with Gasteiger partial charge in [0.05, 0.1) is 15.0 Å². The number of nitrogens with two attached hydrogens (primary N) is 1. The van der Waals surface area contributed by atoms with Crippen molar-refractivity contribution in [3.05, 3.63) is 44.3 Å². The highest BCUT2D eigenvalue weighted by atomic mass is 79.9. The molecule has 0 saturated carbocycles. The summed E-state index contributed by atoms with van der Waals surface area (Å²) in [6.45, 7) is 2.42. The van der Waals surface area contributed by atoms with E-state index in [1.165, 1.54) is 11.1 Å². The number of rotatable bonds is 5. The molecule has 0 bridgehead atoms. The van der Waals surface area contributed by atoms with Crippen molar-refractivity contribution in [3.63, 3.8) is 0 Å². The van der Waals surface area contributed by atoms with E-state index < -0.39 is 0 Å². The first-order valence-corrected chi connectivity index (χ1v) is 7.67. The lowest BCUT2D eigenvalue weighted by Crippen LogP contribution is -2.27. The monoisotopic (exact) mass is 354 g/mol. The first-order valence-electron chi connectivity index (χ1n) is 6.06. The first-order chi connectivity index (χ1) is 9.60. The Hall–Kier alpha value is -1.44. The number of nitrogens with one attached hydrogen (secondary N) is 2. The van der Waals surface area contributed by atoms with Crippen molar-refractivity contribution < 1.29 is 4.79 Å². The average Bonchev–Trinajstić information content (AvgIpc) is 2.84. The first kappa shape index (κ1) is 15.0. The number of thiophene rings is 1. The van der Waals surface area contributed by atoms with Gasteiger partial charge < -0.3 is 10.7 Å². The van der Waals surface area contributed by atoms with E-state index in [-0.39, 0.29) is 5.91 Å². The standard InChI is InChI=1S/C13H15BrN4OS/c1-8-6-11(18-15)10(7-17-8)13(19)16-5-4-9-2-3-12(14)20-9/h2-3,6-7H,4-5,15H2,1H3,(H,16,19)(H,17,18). The summed E-state index contributed by atoms with van der Waals surface area (Å²) in [7, 11) is 0. The number of pyridine rings is 1. The molecule has 0 aromatic carbocycles. The van der Waals surface area contributed by atoms with Crippen molar-refractivity contribution in [2.75, 3.05) is 12.0 Å². The van der Waals surface area contributed by atoms with Crippen molar-refractivity contribution in [2.45, 2.75) is 13.3 Å². The van der Waals surface area contributed by atoms with Crippen LogP contribution < -0.4 is 16.6 Å². The fraction of sp³-hybridized carbons (Fsp3) is 0.231. The van der Waals surface area contributed by atoms with Crippen LogP contribution in [0.2, 0.25) is 0 Å². The SMILES string of the molecule is Cc1cc(NN)c(C(=O)NCCc2ccc(Br)s2)cn1. The molecule has 2 heterocycles. The molecule has 20 heavy (non-hydrogen) atoms. The van der Waals surface area contributed by atoms with Gasteiger partial charge in [-0.2, -0.15) is 0 Å². The van der Waals surface area contributed by atoms with Gasteiger partial charge in [0.1, 0.15) is 0 Å². The molecule has 2 aromatic rings. The summed E-state index contributed by atoms with van der Waals surface area (Å²) in [5, 5.41) is 2.87. The van der Waals surface area contributed by atoms with Gasteiger partial charge in [-0.05, 0) is 47.5 Å². The van der Waals surface area contributed by atoms with Crippen LogP contribution in [0.4, 0.5) is 5.69 Å². The van der Waals surface area contributed by atoms with Gasteiger partial charge in [0.2, 0.25) is 0 Å². The third kappa shape index (κ3) is 3.78. The fourth-order valence-electron chi connectivity index (χ4n) is 1.74. The number of nitrogen functional groups attached to an aromatic ring is 1. The predicted octanol–water partition coefficient (Wildman–Crippen LogP) is 2.47. The lowest BCUT2D eigenvalue weighted by molar-refractivity contribution is 0.0954. The van der Waals surface area contributed by atoms with Crippen molar-refractivity contribution >= 4 is 38.9 Å². The number of carbonyl (C=O) groups excluding carboxylic acids is 1. The fourth-order valence-corrected chi connectivity index (χ4v) is 3.22. The van der Waals surface area contributed by atoms with Gasteiger partial charge in [-0.25, -0.2) is 0 Å². The maximum atomic E-state index is 12.1. The number of hydrogen-bond acceptors (Lipinski definition) is 5. The molecule has 5 nitrogen and oxygen atoms in total. The molecule has 2 rings (SSSR count). The minimum absolute atomic E-state index is 0.180. The Kier molecular flexibility index (Phi) is 5.11. The van der Waals surface area contributed by atoms with Crippen molar-refractivity contribution in [1.29, 1.82) is 0 Å². The average molecular weight is 355 g/mol. The second kappa shape index (κ2) is 6.83. The molecule has 0 atom stereocenters. The van der Waals surface area contributed by atoms with E-state index >= 15 is 0 Å². The number of hydrazine groups is 1. The predicted molar refractivity (Wildman–Crippen MR) is 84.8 cm³/mol. The summed E-state index contributed by atoms with van der Waals surface area (Å²) >= 11 is 5.08. The number of aryl methyl sites for hydroxylation is 1. The van der Waals surface area contributed by atoms with Gasteiger partial charge in [-0.3, -0.25) is 15.6 Å². The summed E-state index contributed by atoms with van der Waals surface area (Å²) in [5.41, 5.74) is 4.35. The van der Waals surface area contributed by atoms with E-state index in [4.69, 9.17) is 5.84 Å². The molecule has 0 radical (unpaired) electrons. The molecule has 2 aromatic heterocycles. The van der Waals surface area contributed by atoms with Crippen molar-refractivity contribution in [3.8, 4) is 0 Å². The quantitative estimate of drug-likeness (QED) is 0.569. The van der Waals surface area contributed by atoms with Gasteiger partial charge in [0.15, 0.2) is 0 Å². The van der Waals surface area contributed by atoms with E-state index in [1.807, 2.05) is 19.1 Å². The summed E-state index contributed by atoms with van der Waals surface area (Å²) in [4.78, 5) is 17.4. The zero-order valence-electron chi connectivity index (χ0n) is 10.9. The molecule has 0 saturated heterocycles. The minimum Gasteiger partial charge on any atom is -0.352 e. The van der Waals surface area contributed by atoms with Crippen LogP contribution in [-0.4, -0.2) is 17.4 Å². The van der Waals surface area contributed by atoms with Crippen LogP contribution in [0.15, 0.2) is 28.2 Å². The Balaban J connectivity index is 1.95. The lowest BCUT2D eigenvalue weighted by atomic mass is 10.2. The summed E-state index contributed by atoms with van der Waals surface area (Å²) < 4.78 is 1.09. The number of carbonyl (C=O) groups is 1. The Morgan fingerprint density at radius 1 is 1.50 bits per heavy atom. The molecule has 0 unspecified atom stereocenters. The highest BCUT2D eigenvalue weighted by molar-refractivity contribution is 9.11. The maximum Gasteiger partial charge on any atom is 0.255 e. The molecule has 0 aliphatic heterocycles. The van der Waals surface area contributed by atoms with Crippen LogP contribution >= 0.6 is 27.3 Å². The Labute approximate surface area is 129 Å². The third-order valence-corrected chi connectivity index (χ3v) is 4.41. The number of amides is 1. The Morgan fingerprint density at radius 3 is 2.95 bits per heavy atom. The summed E-state index contributed by atoms with van der Waals surface area (Å²) in [6, 6.07) is 5.79. The third-order valence-electron chi connectivity index (χ3n) is 2.73. The molecule has 0 aliphatic carbocycles. The normalized spacial score (nSPS) is 10.3. The minimum atomic E-state index is -0.180. The number of hydrogen-bond donors (Lipinski definition) is 3. The molecule has 0 fully saturated rings. The number of halogens is 1. The molecule has 1 amide bonds. The Morgan fingerprint density at radius 2 is 2.30 bits per heavy atom. The largest absolute Gasteiger partial charge is 0.352 e. The summed E-state index contributed by atoms with van der Waals surface area (Å²) in [6.07, 6.45) is 2.33. The highest BCUT2D eigenvalue weighted by Crippen LogP contribution is 2.22. The van der Waals surface area contributed by atoms with Crippen LogP contribution in [0.25, 0.3) is 0 Å². The number of anilines is 1. The molecule has 4 N–H and O–H groups in total. The zero-order valence-corrected chi connectivity index (χ0v) is 13.3. The van der Waals surface area contributed by atoms with Gasteiger partial charge in [0.25, 0.3) is 5.91 Å². The van der Waals surface area contributed by atoms with E-state index in [0.29, 0.717) is 17.8 Å². The van der Waals surface area contributed by atoms with E-state index in [2.05, 4.69) is 31.7 Å². The molecular weight excluding hydrogens is 340 g/mol. The van der Waals surface area contributed by atoms with Crippen molar-refractivity contribution in [1.82, 2.24) is 10.3 Å². The molecule has 0 spiro atoms. The molecule has 7 heteroatoms. The lowest BCUT2D eigenvalue weighted by Gasteiger charge is -2.09. The van der Waals surface area contributed by atoms with Crippen molar-refractivity contribution in [2.24, 2.45) is 5.84 Å². The summed E-state index contributed by atoms with van der Waals surface area (Å²) in [5.74, 6) is 5.24. The van der Waals surface area contributed by atoms with Gasteiger partial charge in [0, 0.05) is 23.3 Å². The second-order valence-electron chi connectivity index (χ2n) is 4.23. The second-order valence-corrected chi connectivity index (χ2v) is 6.77. The van der Waals surface area contributed by atoms with Gasteiger partial charge >= 0.3 is 0 Å². The topological polar surface area (TPSA) is 80.0 Å². The highest BCUT2D eigenvalue weighted by Gasteiger charge is 2.11. The number of aromatic nitrogens is 1. The van der Waals surface area contributed by atoms with Crippen LogP contribution in [0.5, 0.6) is 0 Å². The van der Waals surface area contributed by atoms with Crippen LogP contribution in [0.3, 0.4) is 0 Å². The molecule has 0 aliphatic rings. The Bertz CT molecular complexity index is 614. The van der Waals surface area contributed by atoms with Crippen LogP contribution in [0.1, 0.15) is 20.9 Å². The van der Waals surface area contributed by atoms with Crippen LogP contribution in [0, 0.1) is 6.92 Å². The van der Waals surface area contributed by atoms with E-state index in [1.54, 1.807) is 17.4 Å². The van der Waals surface area contributed by atoms with E-state index in [0.717, 1.165) is 15.9 Å². The smallest absolute Gasteiger partial charge is 0.255 e. The van der Waals surface area contributed by atoms with Crippen LogP contribution in [-0.2, 0) is 6.42 Å². The van der Waals surface area contributed by atoms with E-state index in [9.17, 15) is 4.79 Å². The number of nitrogens with zero attached hydrogens (tertiary/aromatic N) is 1. The van der Waals surface area contributed by atoms with Gasteiger partial charge in [-0.15, -0.1) is 11.3 Å².